The number of aromatic carboxylic acids is 1. The average molecular weight is 595 g/mol. The number of carbonyl (C=O) groups is 2. The van der Waals surface area contributed by atoms with Crippen molar-refractivity contribution in [2.24, 2.45) is 0 Å². The summed E-state index contributed by atoms with van der Waals surface area (Å²) in [6.45, 7) is 0.825. The quantitative estimate of drug-likeness (QED) is 0.224. The maximum Gasteiger partial charge on any atom is 0.338 e. The number of benzene rings is 2. The summed E-state index contributed by atoms with van der Waals surface area (Å²) in [5.74, 6) is -3.42. The van der Waals surface area contributed by atoms with Gasteiger partial charge >= 0.3 is 11.9 Å². The number of alkyl halides is 1. The number of aromatic nitrogens is 4. The maximum absolute atomic E-state index is 17.0. The molecule has 1 aliphatic heterocycles. The molecule has 4 atom stereocenters. The maximum atomic E-state index is 17.0. The predicted octanol–water partition coefficient (Wildman–Crippen LogP) is 5.33. The van der Waals surface area contributed by atoms with Crippen LogP contribution in [-0.4, -0.2) is 54.9 Å². The summed E-state index contributed by atoms with van der Waals surface area (Å²) in [4.78, 5) is 37.0. The number of hydrogen-bond donors (Lipinski definition) is 2. The number of carboxylic acids is 1. The summed E-state index contributed by atoms with van der Waals surface area (Å²) in [7, 11) is 0. The van der Waals surface area contributed by atoms with Crippen LogP contribution < -0.4 is 5.73 Å². The monoisotopic (exact) mass is 593 g/mol. The number of nitrogen functional groups attached to an aromatic ring is 1. The Labute approximate surface area is 235 Å². The molecule has 0 amide bonds. The number of esters is 1. The first-order chi connectivity index (χ1) is 18.5. The number of nitrogens with zero attached hydrogens (tertiary/aromatic N) is 4. The molecule has 2 aromatic carbocycles. The Balaban J connectivity index is 1.57. The van der Waals surface area contributed by atoms with Crippen LogP contribution in [0.4, 0.5) is 10.3 Å². The number of rotatable bonds is 6. The molecule has 1 fully saturated rings. The predicted molar refractivity (Wildman–Crippen MR) is 141 cm³/mol. The molecule has 0 aliphatic carbocycles. The first-order valence-electron chi connectivity index (χ1n) is 11.4. The van der Waals surface area contributed by atoms with Crippen molar-refractivity contribution < 1.29 is 28.6 Å². The zero-order valence-corrected chi connectivity index (χ0v) is 22.3. The molecule has 0 radical (unpaired) electrons. The number of hydrogen-bond acceptors (Lipinski definition) is 8. The van der Waals surface area contributed by atoms with Crippen molar-refractivity contribution in [2.75, 3.05) is 12.3 Å². The van der Waals surface area contributed by atoms with Crippen molar-refractivity contribution >= 4 is 63.9 Å². The van der Waals surface area contributed by atoms with Gasteiger partial charge in [-0.1, -0.05) is 34.8 Å². The molecular weight excluding hydrogens is 576 g/mol. The molecule has 0 bridgehead atoms. The van der Waals surface area contributed by atoms with Gasteiger partial charge < -0.3 is 20.3 Å². The van der Waals surface area contributed by atoms with E-state index in [1.807, 2.05) is 0 Å². The molecule has 5 rings (SSSR count). The first-order valence-corrected chi connectivity index (χ1v) is 12.6. The van der Waals surface area contributed by atoms with Crippen LogP contribution in [0.3, 0.4) is 0 Å². The van der Waals surface area contributed by atoms with Crippen LogP contribution in [-0.2, 0) is 9.47 Å². The molecule has 3 heterocycles. The number of ether oxygens (including phenoxy) is 2. The van der Waals surface area contributed by atoms with Crippen molar-refractivity contribution in [3.8, 4) is 0 Å². The Morgan fingerprint density at radius 2 is 1.85 bits per heavy atom. The molecule has 2 aromatic heterocycles. The lowest BCUT2D eigenvalue weighted by Crippen LogP contribution is -2.35. The molecule has 14 heteroatoms. The first kappa shape index (κ1) is 27.1. The fraction of sp³-hybridized carbons (Fsp3) is 0.240. The Kier molecular flexibility index (Phi) is 7.10. The highest BCUT2D eigenvalue weighted by atomic mass is 35.5. The number of anilines is 1. The molecule has 202 valence electrons. The molecule has 0 saturated carbocycles. The Bertz CT molecular complexity index is 1600. The second-order valence-corrected chi connectivity index (χ2v) is 10.2. The summed E-state index contributed by atoms with van der Waals surface area (Å²) < 4.78 is 29.9. The van der Waals surface area contributed by atoms with Crippen LogP contribution in [0.15, 0.2) is 48.8 Å². The third kappa shape index (κ3) is 4.98. The highest BCUT2D eigenvalue weighted by Gasteiger charge is 2.57. The van der Waals surface area contributed by atoms with E-state index >= 15 is 4.39 Å². The molecule has 1 aliphatic rings. The van der Waals surface area contributed by atoms with Gasteiger partial charge in [0.15, 0.2) is 22.7 Å². The van der Waals surface area contributed by atoms with Crippen molar-refractivity contribution in [1.29, 1.82) is 0 Å². The van der Waals surface area contributed by atoms with Crippen molar-refractivity contribution in [3.63, 3.8) is 0 Å². The van der Waals surface area contributed by atoms with E-state index < -0.39 is 42.5 Å². The summed E-state index contributed by atoms with van der Waals surface area (Å²) in [6.07, 6.45) is -1.29. The van der Waals surface area contributed by atoms with Crippen LogP contribution in [0.1, 0.15) is 45.3 Å². The van der Waals surface area contributed by atoms with Gasteiger partial charge in [-0.05, 0) is 55.0 Å². The van der Waals surface area contributed by atoms with E-state index in [2.05, 4.69) is 15.0 Å². The molecule has 39 heavy (non-hydrogen) atoms. The lowest BCUT2D eigenvalue weighted by atomic mass is 9.80. The van der Waals surface area contributed by atoms with E-state index in [0.29, 0.717) is 5.02 Å². The van der Waals surface area contributed by atoms with Gasteiger partial charge in [0, 0.05) is 10.0 Å². The van der Waals surface area contributed by atoms with Gasteiger partial charge in [-0.2, -0.15) is 9.97 Å². The number of halogens is 4. The molecular formula is C25H19Cl3FN5O5. The third-order valence-electron chi connectivity index (χ3n) is 6.45. The summed E-state index contributed by atoms with van der Waals surface area (Å²) in [5, 5.41) is 10.4. The Hall–Kier alpha value is -3.51. The zero-order chi connectivity index (χ0) is 28.1. The normalized spacial score (nSPS) is 22.7. The fourth-order valence-corrected chi connectivity index (χ4v) is 5.28. The Morgan fingerprint density at radius 1 is 1.15 bits per heavy atom. The van der Waals surface area contributed by atoms with Crippen LogP contribution in [0.25, 0.3) is 11.2 Å². The molecule has 0 spiro atoms. The van der Waals surface area contributed by atoms with Gasteiger partial charge in [0.25, 0.3) is 0 Å². The van der Waals surface area contributed by atoms with Crippen LogP contribution >= 0.6 is 34.8 Å². The van der Waals surface area contributed by atoms with Gasteiger partial charge in [-0.3, -0.25) is 4.57 Å². The van der Waals surface area contributed by atoms with Crippen LogP contribution in [0.5, 0.6) is 0 Å². The van der Waals surface area contributed by atoms with E-state index in [-0.39, 0.29) is 44.0 Å². The summed E-state index contributed by atoms with van der Waals surface area (Å²) in [5.41, 5.74) is 3.80. The number of nitrogens with two attached hydrogens (primary N) is 1. The summed E-state index contributed by atoms with van der Waals surface area (Å²) >= 11 is 18.2. The molecule has 0 unspecified atom stereocenters. The van der Waals surface area contributed by atoms with E-state index in [1.54, 1.807) is 0 Å². The highest BCUT2D eigenvalue weighted by molar-refractivity contribution is 6.33. The third-order valence-corrected chi connectivity index (χ3v) is 7.20. The minimum atomic E-state index is -2.30. The molecule has 10 nitrogen and oxygen atoms in total. The van der Waals surface area contributed by atoms with Crippen molar-refractivity contribution in [2.45, 2.75) is 30.8 Å². The summed E-state index contributed by atoms with van der Waals surface area (Å²) in [6, 6.07) is 10.0. The lowest BCUT2D eigenvalue weighted by molar-refractivity contribution is -0.0601. The number of imidazole rings is 1. The van der Waals surface area contributed by atoms with Crippen LogP contribution in [0, 0.1) is 0 Å². The van der Waals surface area contributed by atoms with E-state index in [1.165, 1.54) is 60.3 Å². The molecule has 3 N–H and O–H groups in total. The van der Waals surface area contributed by atoms with E-state index in [4.69, 9.17) is 50.0 Å². The molecule has 1 saturated heterocycles. The van der Waals surface area contributed by atoms with Crippen LogP contribution in [0.2, 0.25) is 15.2 Å². The minimum Gasteiger partial charge on any atom is -0.478 e. The second-order valence-electron chi connectivity index (χ2n) is 8.99. The zero-order valence-electron chi connectivity index (χ0n) is 20.0. The van der Waals surface area contributed by atoms with E-state index in [9.17, 15) is 14.7 Å². The van der Waals surface area contributed by atoms with E-state index in [0.717, 1.165) is 0 Å². The second kappa shape index (κ2) is 10.2. The topological polar surface area (TPSA) is 142 Å². The van der Waals surface area contributed by atoms with Gasteiger partial charge in [0.1, 0.15) is 18.2 Å². The van der Waals surface area contributed by atoms with Gasteiger partial charge in [-0.25, -0.2) is 19.0 Å². The van der Waals surface area contributed by atoms with Gasteiger partial charge in [0.2, 0.25) is 5.95 Å². The number of fused-ring (bicyclic) bond motifs is 1. The van der Waals surface area contributed by atoms with Gasteiger partial charge in [0.05, 0.1) is 23.4 Å². The number of carboxylic acid groups (broad SMARTS) is 1. The minimum absolute atomic E-state index is 0.0391. The fourth-order valence-electron chi connectivity index (χ4n) is 4.75. The largest absolute Gasteiger partial charge is 0.478 e. The standard InChI is InChI=1S/C25H19Cl3FN5O5/c1-25(29)17(15-8-13(27)6-7-14(15)21(35)36)16(9-38-22(37)11-2-4-12(26)5-3-11)39-23(25)34-10-31-18-19(28)32-24(30)33-20(18)34/h2-8,10,16-17,23H,9H2,1H3,(H,35,36)(H2,30,32,33)/t16-,17+,23+,25+/m0/s1. The van der Waals surface area contributed by atoms with Gasteiger partial charge in [-0.15, -0.1) is 0 Å². The highest BCUT2D eigenvalue weighted by Crippen LogP contribution is 2.52. The SMILES string of the molecule is C[C@@]1(F)[C@H](c2cc(Cl)ccc2C(=O)O)[C@H](COC(=O)c2ccc(Cl)cc2)O[C@H]1n1cnc2c(Cl)nc(N)nc21. The van der Waals surface area contributed by atoms with Crippen molar-refractivity contribution in [1.82, 2.24) is 19.5 Å². The lowest BCUT2D eigenvalue weighted by Gasteiger charge is -2.29. The molecule has 4 aromatic rings. The number of carbonyl (C=O) groups excluding carboxylic acids is 1. The Morgan fingerprint density at radius 3 is 2.54 bits per heavy atom. The smallest absolute Gasteiger partial charge is 0.338 e. The average Bonchev–Trinajstić information content (AvgIpc) is 3.40. The van der Waals surface area contributed by atoms with Crippen molar-refractivity contribution in [3.05, 3.63) is 80.7 Å².